The fourth-order valence-corrected chi connectivity index (χ4v) is 3.66. The molecule has 3 nitrogen and oxygen atoms in total. The number of hydrogen-bond donors (Lipinski definition) is 2. The number of halogens is 2. The predicted octanol–water partition coefficient (Wildman–Crippen LogP) is 5.13. The van der Waals surface area contributed by atoms with Gasteiger partial charge in [-0.15, -0.1) is 11.8 Å². The highest BCUT2D eigenvalue weighted by Gasteiger charge is 2.19. The van der Waals surface area contributed by atoms with Gasteiger partial charge in [0.25, 0.3) is 0 Å². The summed E-state index contributed by atoms with van der Waals surface area (Å²) in [7, 11) is 1.61. The molecule has 6 heteroatoms. The van der Waals surface area contributed by atoms with Gasteiger partial charge in [0.15, 0.2) is 0 Å². The van der Waals surface area contributed by atoms with Crippen molar-refractivity contribution in [1.82, 2.24) is 4.98 Å². The first-order valence-electron chi connectivity index (χ1n) is 8.51. The summed E-state index contributed by atoms with van der Waals surface area (Å²) >= 11 is 1.62. The molecule has 0 atom stereocenters. The van der Waals surface area contributed by atoms with E-state index in [1.54, 1.807) is 18.9 Å². The van der Waals surface area contributed by atoms with Gasteiger partial charge < -0.3 is 15.5 Å². The topological polar surface area (TPSA) is 51.0 Å². The molecule has 0 bridgehead atoms. The summed E-state index contributed by atoms with van der Waals surface area (Å²) < 4.78 is 33.7. The molecule has 0 aliphatic carbocycles. The minimum Gasteiger partial charge on any atom is -0.496 e. The number of benzene rings is 2. The zero-order valence-corrected chi connectivity index (χ0v) is 15.7. The lowest BCUT2D eigenvalue weighted by Crippen LogP contribution is -1.99. The van der Waals surface area contributed by atoms with E-state index in [1.165, 1.54) is 6.07 Å². The number of aromatic amines is 1. The Morgan fingerprint density at radius 2 is 1.96 bits per heavy atom. The molecule has 1 heterocycles. The Morgan fingerprint density at radius 1 is 1.15 bits per heavy atom. The molecule has 0 aliphatic heterocycles. The number of aromatic nitrogens is 1. The van der Waals surface area contributed by atoms with Gasteiger partial charge in [0, 0.05) is 21.9 Å². The number of hydrogen-bond acceptors (Lipinski definition) is 3. The number of ether oxygens (including phenoxy) is 1. The van der Waals surface area contributed by atoms with E-state index in [2.05, 4.69) is 4.98 Å². The molecule has 138 valence electrons. The fourth-order valence-electron chi connectivity index (χ4n) is 3.22. The number of aryl methyl sites for hydroxylation is 1. The van der Waals surface area contributed by atoms with E-state index in [0.717, 1.165) is 40.6 Å². The van der Waals surface area contributed by atoms with Crippen molar-refractivity contribution in [1.29, 1.82) is 0 Å². The van der Waals surface area contributed by atoms with Gasteiger partial charge in [-0.3, -0.25) is 0 Å². The van der Waals surface area contributed by atoms with Gasteiger partial charge in [-0.05, 0) is 61.9 Å². The summed E-state index contributed by atoms with van der Waals surface area (Å²) in [4.78, 5) is 4.24. The number of fused-ring (bicyclic) bond motifs is 1. The average molecular weight is 376 g/mol. The molecular formula is C20H22F2N2OS. The van der Waals surface area contributed by atoms with E-state index in [9.17, 15) is 8.78 Å². The lowest BCUT2D eigenvalue weighted by molar-refractivity contribution is 0.416. The third-order valence-electron chi connectivity index (χ3n) is 4.49. The van der Waals surface area contributed by atoms with Crippen molar-refractivity contribution in [3.8, 4) is 17.0 Å². The lowest BCUT2D eigenvalue weighted by atomic mass is 9.99. The molecule has 2 aromatic carbocycles. The van der Waals surface area contributed by atoms with Crippen molar-refractivity contribution in [3.05, 3.63) is 47.5 Å². The molecule has 0 amide bonds. The molecule has 0 aliphatic rings. The monoisotopic (exact) mass is 376 g/mol. The minimum absolute atomic E-state index is 0.320. The highest BCUT2D eigenvalue weighted by atomic mass is 32.2. The number of nitrogens with two attached hydrogens (primary N) is 1. The Hall–Kier alpha value is -2.05. The van der Waals surface area contributed by atoms with Gasteiger partial charge in [-0.1, -0.05) is 0 Å². The van der Waals surface area contributed by atoms with Crippen LogP contribution in [0.1, 0.15) is 18.4 Å². The van der Waals surface area contributed by atoms with Crippen molar-refractivity contribution in [2.24, 2.45) is 5.73 Å². The molecule has 0 saturated heterocycles. The Bertz CT molecular complexity index is 924. The number of H-pyrrole nitrogens is 1. The summed E-state index contributed by atoms with van der Waals surface area (Å²) in [6.45, 7) is 0.589. The Morgan fingerprint density at radius 3 is 2.65 bits per heavy atom. The molecule has 0 spiro atoms. The van der Waals surface area contributed by atoms with Crippen LogP contribution in [-0.2, 0) is 6.42 Å². The highest BCUT2D eigenvalue weighted by Crippen LogP contribution is 2.39. The molecule has 1 aromatic heterocycles. The molecule has 0 radical (unpaired) electrons. The first kappa shape index (κ1) is 18.7. The maximum atomic E-state index is 14.3. The number of thioether (sulfide) groups is 1. The van der Waals surface area contributed by atoms with E-state index in [1.807, 2.05) is 24.5 Å². The first-order chi connectivity index (χ1) is 12.6. The number of rotatable bonds is 7. The fraction of sp³-hybridized carbons (Fsp3) is 0.300. The SMILES string of the molecule is COc1ccc(SC)cc1-c1[nH]c2c(F)cc(F)cc2c1CCCCN. The van der Waals surface area contributed by atoms with E-state index < -0.39 is 11.6 Å². The number of unbranched alkanes of at least 4 members (excludes halogenated alkanes) is 1. The van der Waals surface area contributed by atoms with Crippen LogP contribution >= 0.6 is 11.8 Å². The molecule has 0 fully saturated rings. The largest absolute Gasteiger partial charge is 0.496 e. The van der Waals surface area contributed by atoms with Crippen LogP contribution in [0.25, 0.3) is 22.2 Å². The predicted molar refractivity (Wildman–Crippen MR) is 104 cm³/mol. The van der Waals surface area contributed by atoms with Crippen LogP contribution in [0.3, 0.4) is 0 Å². The van der Waals surface area contributed by atoms with Crippen molar-refractivity contribution in [2.75, 3.05) is 19.9 Å². The second-order valence-corrected chi connectivity index (χ2v) is 6.98. The summed E-state index contributed by atoms with van der Waals surface area (Å²) in [5, 5.41) is 0.575. The normalized spacial score (nSPS) is 11.3. The van der Waals surface area contributed by atoms with Gasteiger partial charge in [-0.2, -0.15) is 0 Å². The second-order valence-electron chi connectivity index (χ2n) is 6.10. The van der Waals surface area contributed by atoms with Gasteiger partial charge in [0.1, 0.15) is 17.4 Å². The highest BCUT2D eigenvalue weighted by molar-refractivity contribution is 7.98. The quantitative estimate of drug-likeness (QED) is 0.444. The van der Waals surface area contributed by atoms with Crippen molar-refractivity contribution >= 4 is 22.7 Å². The second kappa shape index (κ2) is 8.10. The standard InChI is InChI=1S/C20H22F2N2OS/c1-25-18-7-6-13(26-2)11-16(18)19-14(5-3-4-8-23)15-9-12(21)10-17(22)20(15)24-19/h6-7,9-11,24H,3-5,8,23H2,1-2H3. The van der Waals surface area contributed by atoms with Gasteiger partial charge in [-0.25, -0.2) is 8.78 Å². The van der Waals surface area contributed by atoms with Crippen molar-refractivity contribution in [2.45, 2.75) is 24.2 Å². The van der Waals surface area contributed by atoms with Crippen LogP contribution in [0.15, 0.2) is 35.2 Å². The Labute approximate surface area is 155 Å². The molecule has 26 heavy (non-hydrogen) atoms. The van der Waals surface area contributed by atoms with Gasteiger partial charge in [0.05, 0.1) is 18.3 Å². The average Bonchev–Trinajstić information content (AvgIpc) is 3.00. The number of nitrogens with one attached hydrogen (secondary N) is 1. The molecule has 0 unspecified atom stereocenters. The van der Waals surface area contributed by atoms with Crippen LogP contribution < -0.4 is 10.5 Å². The molecule has 3 N–H and O–H groups in total. The lowest BCUT2D eigenvalue weighted by Gasteiger charge is -2.11. The van der Waals surface area contributed by atoms with E-state index >= 15 is 0 Å². The van der Waals surface area contributed by atoms with Crippen LogP contribution in [0.5, 0.6) is 5.75 Å². The minimum atomic E-state index is -0.591. The third kappa shape index (κ3) is 3.57. The van der Waals surface area contributed by atoms with E-state index in [0.29, 0.717) is 29.6 Å². The van der Waals surface area contributed by atoms with Crippen molar-refractivity contribution in [3.63, 3.8) is 0 Å². The van der Waals surface area contributed by atoms with Gasteiger partial charge >= 0.3 is 0 Å². The zero-order valence-electron chi connectivity index (χ0n) is 14.9. The first-order valence-corrected chi connectivity index (χ1v) is 9.73. The Kier molecular flexibility index (Phi) is 5.84. The maximum absolute atomic E-state index is 14.3. The number of methoxy groups -OCH3 is 1. The molecule has 3 aromatic rings. The maximum Gasteiger partial charge on any atom is 0.150 e. The van der Waals surface area contributed by atoms with Gasteiger partial charge in [0.2, 0.25) is 0 Å². The molecule has 0 saturated carbocycles. The van der Waals surface area contributed by atoms with Crippen LogP contribution in [0, 0.1) is 11.6 Å². The summed E-state index contributed by atoms with van der Waals surface area (Å²) in [5.74, 6) is -0.480. The summed E-state index contributed by atoms with van der Waals surface area (Å²) in [6.07, 6.45) is 4.38. The van der Waals surface area contributed by atoms with E-state index in [4.69, 9.17) is 10.5 Å². The van der Waals surface area contributed by atoms with Crippen LogP contribution in [-0.4, -0.2) is 24.9 Å². The smallest absolute Gasteiger partial charge is 0.150 e. The summed E-state index contributed by atoms with van der Waals surface area (Å²) in [6, 6.07) is 8.18. The van der Waals surface area contributed by atoms with Crippen LogP contribution in [0.4, 0.5) is 8.78 Å². The molecular weight excluding hydrogens is 354 g/mol. The van der Waals surface area contributed by atoms with E-state index in [-0.39, 0.29) is 0 Å². The summed E-state index contributed by atoms with van der Waals surface area (Å²) in [5.41, 5.74) is 8.44. The molecule has 3 rings (SSSR count). The Balaban J connectivity index is 2.24. The third-order valence-corrected chi connectivity index (χ3v) is 5.21. The van der Waals surface area contributed by atoms with Crippen LogP contribution in [0.2, 0.25) is 0 Å². The van der Waals surface area contributed by atoms with Crippen molar-refractivity contribution < 1.29 is 13.5 Å². The zero-order chi connectivity index (χ0) is 18.7.